The Morgan fingerprint density at radius 2 is 1.89 bits per heavy atom. The Bertz CT molecular complexity index is 1120. The van der Waals surface area contributed by atoms with Gasteiger partial charge in [0.15, 0.2) is 5.78 Å². The number of Topliss-reactive ketones (excluding diaryl/α,β-unsaturated/α-hetero) is 1. The molecule has 0 radical (unpaired) electrons. The van der Waals surface area contributed by atoms with E-state index in [2.05, 4.69) is 27.0 Å². The van der Waals surface area contributed by atoms with Gasteiger partial charge in [-0.2, -0.15) is 0 Å². The summed E-state index contributed by atoms with van der Waals surface area (Å²) in [7, 11) is 0. The maximum Gasteiger partial charge on any atom is 0.270 e. The highest BCUT2D eigenvalue weighted by Crippen LogP contribution is 2.47. The van der Waals surface area contributed by atoms with Crippen molar-refractivity contribution in [1.29, 1.82) is 0 Å². The third-order valence-corrected chi connectivity index (χ3v) is 7.35. The lowest BCUT2D eigenvalue weighted by atomic mass is 9.74. The lowest BCUT2D eigenvalue weighted by Gasteiger charge is -2.34. The van der Waals surface area contributed by atoms with Crippen LogP contribution in [0.15, 0.2) is 62.7 Å². The van der Waals surface area contributed by atoms with Crippen molar-refractivity contribution in [2.24, 2.45) is 0 Å². The summed E-state index contributed by atoms with van der Waals surface area (Å²) in [6, 6.07) is 12.3. The zero-order valence-electron chi connectivity index (χ0n) is 15.2. The second-order valence-electron chi connectivity index (χ2n) is 7.13. The lowest BCUT2D eigenvalue weighted by Crippen LogP contribution is -2.31. The number of carbonyl (C=O) groups excluding carboxylic acids is 1. The van der Waals surface area contributed by atoms with Gasteiger partial charge in [0, 0.05) is 39.3 Å². The van der Waals surface area contributed by atoms with Crippen molar-refractivity contribution in [3.63, 3.8) is 0 Å². The molecule has 28 heavy (non-hydrogen) atoms. The van der Waals surface area contributed by atoms with Crippen molar-refractivity contribution in [2.45, 2.75) is 29.6 Å². The van der Waals surface area contributed by atoms with Gasteiger partial charge in [0.1, 0.15) is 5.82 Å². The Hall–Kier alpha value is -2.51. The van der Waals surface area contributed by atoms with Gasteiger partial charge >= 0.3 is 0 Å². The number of rotatable bonds is 3. The van der Waals surface area contributed by atoms with E-state index in [0.29, 0.717) is 17.8 Å². The van der Waals surface area contributed by atoms with Crippen LogP contribution in [-0.4, -0.2) is 22.2 Å². The number of fused-ring (bicyclic) bond motifs is 1. The molecule has 1 aliphatic carbocycles. The molecule has 0 spiro atoms. The first-order valence-corrected chi connectivity index (χ1v) is 11.3. The number of aromatic amines is 2. The van der Waals surface area contributed by atoms with Crippen LogP contribution in [0, 0.1) is 0 Å². The minimum Gasteiger partial charge on any atom is -0.343 e. The first kappa shape index (κ1) is 17.6. The monoisotopic (exact) mass is 409 g/mol. The fraction of sp³-hybridized carbons (Fsp3) is 0.238. The van der Waals surface area contributed by atoms with E-state index in [9.17, 15) is 9.59 Å². The van der Waals surface area contributed by atoms with Gasteiger partial charge in [0.05, 0.1) is 5.56 Å². The number of thiophene rings is 1. The van der Waals surface area contributed by atoms with Gasteiger partial charge in [-0.1, -0.05) is 18.2 Å². The van der Waals surface area contributed by atoms with E-state index in [4.69, 9.17) is 0 Å². The van der Waals surface area contributed by atoms with Gasteiger partial charge in [-0.3, -0.25) is 19.8 Å². The van der Waals surface area contributed by atoms with E-state index in [1.165, 1.54) is 4.88 Å². The van der Waals surface area contributed by atoms with E-state index >= 15 is 0 Å². The molecule has 3 aromatic rings. The fourth-order valence-electron chi connectivity index (χ4n) is 4.28. The first-order valence-electron chi connectivity index (χ1n) is 9.17. The number of hydrogen-bond donors (Lipinski definition) is 3. The summed E-state index contributed by atoms with van der Waals surface area (Å²) in [6.07, 6.45) is 3.29. The molecule has 5 nitrogen and oxygen atoms in total. The van der Waals surface area contributed by atoms with Gasteiger partial charge in [-0.05, 0) is 41.8 Å². The van der Waals surface area contributed by atoms with Crippen molar-refractivity contribution in [1.82, 2.24) is 10.2 Å². The number of hydrogen-bond acceptors (Lipinski definition) is 5. The highest BCUT2D eigenvalue weighted by Gasteiger charge is 2.40. The highest BCUT2D eigenvalue weighted by atomic mass is 32.2. The second-order valence-corrected chi connectivity index (χ2v) is 8.99. The molecular formula is C21H19N3O2S2. The topological polar surface area (TPSA) is 77.8 Å². The molecule has 1 aromatic carbocycles. The summed E-state index contributed by atoms with van der Waals surface area (Å²) < 4.78 is 0. The smallest absolute Gasteiger partial charge is 0.270 e. The zero-order chi connectivity index (χ0) is 19.3. The molecule has 7 heteroatoms. The van der Waals surface area contributed by atoms with Crippen LogP contribution in [0.25, 0.3) is 0 Å². The van der Waals surface area contributed by atoms with E-state index in [-0.39, 0.29) is 23.2 Å². The molecule has 0 bridgehead atoms. The van der Waals surface area contributed by atoms with Gasteiger partial charge in [0.25, 0.3) is 5.56 Å². The minimum absolute atomic E-state index is 0.123. The summed E-state index contributed by atoms with van der Waals surface area (Å²) in [6.45, 7) is 0. The predicted molar refractivity (Wildman–Crippen MR) is 113 cm³/mol. The average molecular weight is 410 g/mol. The van der Waals surface area contributed by atoms with Crippen molar-refractivity contribution in [3.05, 3.63) is 79.4 Å². The molecule has 3 N–H and O–H groups in total. The Labute approximate surface area is 170 Å². The van der Waals surface area contributed by atoms with Crippen LogP contribution < -0.4 is 10.9 Å². The maximum absolute atomic E-state index is 13.3. The van der Waals surface area contributed by atoms with Crippen molar-refractivity contribution in [2.75, 3.05) is 11.6 Å². The maximum atomic E-state index is 13.3. The van der Waals surface area contributed by atoms with Crippen LogP contribution in [0.5, 0.6) is 0 Å². The number of benzene rings is 1. The number of thioether (sulfide) groups is 1. The van der Waals surface area contributed by atoms with Crippen LogP contribution >= 0.6 is 23.1 Å². The zero-order valence-corrected chi connectivity index (χ0v) is 16.9. The van der Waals surface area contributed by atoms with Crippen LogP contribution in [0.2, 0.25) is 0 Å². The number of allylic oxidation sites excluding steroid dienone is 2. The van der Waals surface area contributed by atoms with Crippen molar-refractivity contribution < 1.29 is 4.79 Å². The molecule has 2 atom stereocenters. The fourth-order valence-corrected chi connectivity index (χ4v) is 5.51. The van der Waals surface area contributed by atoms with Crippen LogP contribution in [-0.2, 0) is 4.79 Å². The number of anilines is 1. The number of H-pyrrole nitrogens is 2. The Kier molecular flexibility index (Phi) is 4.29. The Morgan fingerprint density at radius 1 is 1.07 bits per heavy atom. The Balaban J connectivity index is 1.63. The van der Waals surface area contributed by atoms with Crippen molar-refractivity contribution >= 4 is 34.7 Å². The third-order valence-electron chi connectivity index (χ3n) is 5.57. The summed E-state index contributed by atoms with van der Waals surface area (Å²) in [5.41, 5.74) is 3.06. The van der Waals surface area contributed by atoms with Gasteiger partial charge in [0.2, 0.25) is 0 Å². The molecule has 142 valence electrons. The minimum atomic E-state index is -0.339. The molecule has 0 fully saturated rings. The second kappa shape index (κ2) is 6.83. The number of aromatic nitrogens is 2. The molecule has 5 rings (SSSR count). The number of carbonyl (C=O) groups is 1. The number of nitrogens with one attached hydrogen (secondary N) is 3. The summed E-state index contributed by atoms with van der Waals surface area (Å²) >= 11 is 3.37. The molecule has 1 aliphatic heterocycles. The number of ketones is 1. The summed E-state index contributed by atoms with van der Waals surface area (Å²) in [4.78, 5) is 28.2. The molecule has 0 unspecified atom stereocenters. The van der Waals surface area contributed by atoms with Crippen molar-refractivity contribution in [3.8, 4) is 0 Å². The van der Waals surface area contributed by atoms with Gasteiger partial charge < -0.3 is 5.32 Å². The molecule has 3 heterocycles. The van der Waals surface area contributed by atoms with E-state index in [1.54, 1.807) is 23.1 Å². The summed E-state index contributed by atoms with van der Waals surface area (Å²) in [5.74, 6) is 0.638. The SMILES string of the molecule is CSc1ccc([C@H]2C3=C(C[C@H](c4cccs4)CC3=O)Nc3[nH][nH]c(=O)c32)cc1. The van der Waals surface area contributed by atoms with E-state index < -0.39 is 0 Å². The lowest BCUT2D eigenvalue weighted by molar-refractivity contribution is -0.116. The normalized spacial score (nSPS) is 21.2. The molecule has 0 amide bonds. The largest absolute Gasteiger partial charge is 0.343 e. The standard InChI is InChI=1S/C21H19N3O2S2/c1-27-13-6-4-11(5-7-13)17-18-14(22-20-19(17)21(26)24-23-20)9-12(10-15(18)25)16-3-2-8-28-16/h2-8,12,17H,9-10H2,1H3,(H3,22,23,24,26)/t12-,17-/m0/s1. The molecule has 2 aromatic heterocycles. The van der Waals surface area contributed by atoms with Crippen LogP contribution in [0.3, 0.4) is 0 Å². The quantitative estimate of drug-likeness (QED) is 0.559. The molecular weight excluding hydrogens is 390 g/mol. The van der Waals surface area contributed by atoms with Crippen LogP contribution in [0.1, 0.15) is 40.7 Å². The molecule has 0 saturated heterocycles. The van der Waals surface area contributed by atoms with Gasteiger partial charge in [-0.15, -0.1) is 23.1 Å². The van der Waals surface area contributed by atoms with E-state index in [0.717, 1.165) is 28.1 Å². The van der Waals surface area contributed by atoms with Crippen LogP contribution in [0.4, 0.5) is 5.82 Å². The third kappa shape index (κ3) is 2.77. The Morgan fingerprint density at radius 3 is 2.61 bits per heavy atom. The van der Waals surface area contributed by atoms with Gasteiger partial charge in [-0.25, -0.2) is 0 Å². The first-order chi connectivity index (χ1) is 13.7. The van der Waals surface area contributed by atoms with E-state index in [1.807, 2.05) is 36.6 Å². The average Bonchev–Trinajstić information content (AvgIpc) is 3.37. The summed E-state index contributed by atoms with van der Waals surface area (Å²) in [5, 5.41) is 11.0. The molecule has 2 aliphatic rings. The molecule has 0 saturated carbocycles. The highest BCUT2D eigenvalue weighted by molar-refractivity contribution is 7.98. The predicted octanol–water partition coefficient (Wildman–Crippen LogP) is 4.44.